The van der Waals surface area contributed by atoms with Gasteiger partial charge in [0.05, 0.1) is 6.61 Å². The zero-order valence-corrected chi connectivity index (χ0v) is 14.2. The Bertz CT molecular complexity index is 272. The van der Waals surface area contributed by atoms with Crippen molar-refractivity contribution in [3.05, 3.63) is 0 Å². The summed E-state index contributed by atoms with van der Waals surface area (Å²) in [5, 5.41) is 3.27. The Hall–Kier alpha value is -0.650. The first-order chi connectivity index (χ1) is 9.35. The fraction of sp³-hybridized carbons (Fsp3) is 0.933. The minimum atomic E-state index is -0.562. The normalized spacial score (nSPS) is 14.6. The molecule has 120 valence electrons. The lowest BCUT2D eigenvalue weighted by Crippen LogP contribution is -2.50. The van der Waals surface area contributed by atoms with E-state index < -0.39 is 5.54 Å². The van der Waals surface area contributed by atoms with Crippen LogP contribution in [0.3, 0.4) is 0 Å². The summed E-state index contributed by atoms with van der Waals surface area (Å²) in [6.07, 6.45) is 1.78. The van der Waals surface area contributed by atoms with Gasteiger partial charge in [-0.3, -0.25) is 4.79 Å². The Balaban J connectivity index is 4.17. The van der Waals surface area contributed by atoms with Gasteiger partial charge in [0, 0.05) is 13.1 Å². The van der Waals surface area contributed by atoms with Crippen molar-refractivity contribution < 1.29 is 9.53 Å². The number of nitrogens with one attached hydrogen (secondary N) is 1. The van der Waals surface area contributed by atoms with Gasteiger partial charge in [0.15, 0.2) is 0 Å². The number of esters is 1. The highest BCUT2D eigenvalue weighted by atomic mass is 16.5. The molecule has 1 atom stereocenters. The first-order valence-electron chi connectivity index (χ1n) is 7.61. The Morgan fingerprint density at radius 1 is 1.15 bits per heavy atom. The predicted molar refractivity (Wildman–Crippen MR) is 84.0 cm³/mol. The van der Waals surface area contributed by atoms with Crippen molar-refractivity contribution >= 4 is 5.97 Å². The number of hydrogen-bond acceptors (Lipinski definition) is 5. The van der Waals surface area contributed by atoms with Crippen LogP contribution in [-0.2, 0) is 9.53 Å². The molecule has 0 aliphatic rings. The average Bonchev–Trinajstić information content (AvgIpc) is 2.37. The maximum Gasteiger partial charge on any atom is 0.326 e. The fourth-order valence-corrected chi connectivity index (χ4v) is 2.13. The minimum absolute atomic E-state index is 0.141. The molecule has 0 fully saturated rings. The van der Waals surface area contributed by atoms with Crippen LogP contribution >= 0.6 is 0 Å². The first-order valence-corrected chi connectivity index (χ1v) is 7.61. The van der Waals surface area contributed by atoms with Crippen molar-refractivity contribution in [2.45, 2.75) is 39.2 Å². The van der Waals surface area contributed by atoms with Gasteiger partial charge >= 0.3 is 5.97 Å². The van der Waals surface area contributed by atoms with Gasteiger partial charge in [-0.25, -0.2) is 0 Å². The quantitative estimate of drug-likeness (QED) is 0.578. The molecule has 0 aromatic rings. The van der Waals surface area contributed by atoms with Gasteiger partial charge in [0.2, 0.25) is 0 Å². The van der Waals surface area contributed by atoms with Crippen LogP contribution < -0.4 is 5.32 Å². The number of carbonyl (C=O) groups is 1. The molecule has 0 saturated carbocycles. The van der Waals surface area contributed by atoms with Crippen LogP contribution in [-0.4, -0.2) is 75.2 Å². The molecular formula is C15H33N3O2. The van der Waals surface area contributed by atoms with E-state index in [4.69, 9.17) is 4.74 Å². The lowest BCUT2D eigenvalue weighted by molar-refractivity contribution is -0.150. The van der Waals surface area contributed by atoms with E-state index in [2.05, 4.69) is 36.3 Å². The summed E-state index contributed by atoms with van der Waals surface area (Å²) in [6.45, 7) is 10.1. The lowest BCUT2D eigenvalue weighted by Gasteiger charge is -2.29. The molecule has 0 bridgehead atoms. The monoisotopic (exact) mass is 287 g/mol. The van der Waals surface area contributed by atoms with E-state index in [1.54, 1.807) is 0 Å². The maximum absolute atomic E-state index is 12.0. The molecule has 0 heterocycles. The zero-order chi connectivity index (χ0) is 15.6. The minimum Gasteiger partial charge on any atom is -0.465 e. The van der Waals surface area contributed by atoms with E-state index in [9.17, 15) is 4.79 Å². The van der Waals surface area contributed by atoms with Crippen LogP contribution in [0.25, 0.3) is 0 Å². The molecule has 0 aromatic heterocycles. The predicted octanol–water partition coefficient (Wildman–Crippen LogP) is 1.19. The van der Waals surface area contributed by atoms with Crippen LogP contribution in [0.4, 0.5) is 0 Å². The molecule has 0 rings (SSSR count). The topological polar surface area (TPSA) is 44.8 Å². The third-order valence-corrected chi connectivity index (χ3v) is 3.44. The number of carbonyl (C=O) groups excluding carboxylic acids is 1. The van der Waals surface area contributed by atoms with Crippen molar-refractivity contribution in [2.24, 2.45) is 0 Å². The van der Waals surface area contributed by atoms with E-state index in [1.165, 1.54) is 0 Å². The smallest absolute Gasteiger partial charge is 0.326 e. The van der Waals surface area contributed by atoms with Crippen LogP contribution in [0.15, 0.2) is 0 Å². The van der Waals surface area contributed by atoms with Gasteiger partial charge in [-0.1, -0.05) is 6.92 Å². The molecule has 0 aliphatic carbocycles. The van der Waals surface area contributed by atoms with Gasteiger partial charge in [0.25, 0.3) is 0 Å². The maximum atomic E-state index is 12.0. The lowest BCUT2D eigenvalue weighted by atomic mass is 9.95. The fourth-order valence-electron chi connectivity index (χ4n) is 2.13. The van der Waals surface area contributed by atoms with E-state index in [0.717, 1.165) is 39.0 Å². The molecule has 0 saturated heterocycles. The zero-order valence-electron chi connectivity index (χ0n) is 14.2. The highest BCUT2D eigenvalue weighted by Gasteiger charge is 2.33. The number of nitrogens with zero attached hydrogens (tertiary/aromatic N) is 2. The second kappa shape index (κ2) is 10.1. The molecule has 0 spiro atoms. The first kappa shape index (κ1) is 19.4. The van der Waals surface area contributed by atoms with Crippen molar-refractivity contribution in [2.75, 3.05) is 53.9 Å². The summed E-state index contributed by atoms with van der Waals surface area (Å²) in [7, 11) is 6.28. The van der Waals surface area contributed by atoms with Crippen LogP contribution in [0, 0.1) is 0 Å². The van der Waals surface area contributed by atoms with E-state index in [-0.39, 0.29) is 5.97 Å². The van der Waals surface area contributed by atoms with Gasteiger partial charge in [0.1, 0.15) is 5.54 Å². The van der Waals surface area contributed by atoms with Crippen LogP contribution in [0.2, 0.25) is 0 Å². The van der Waals surface area contributed by atoms with E-state index in [0.29, 0.717) is 6.61 Å². The van der Waals surface area contributed by atoms with Crippen molar-refractivity contribution in [3.8, 4) is 0 Å². The van der Waals surface area contributed by atoms with Crippen molar-refractivity contribution in [3.63, 3.8) is 0 Å². The third kappa shape index (κ3) is 7.82. The summed E-state index contributed by atoms with van der Waals surface area (Å²) in [6, 6.07) is 0. The molecule has 0 amide bonds. The SMILES string of the molecule is CCNC(C)(CCCN(C)CCN(C)C)C(=O)OCC. The Labute approximate surface area is 124 Å². The Morgan fingerprint density at radius 2 is 1.80 bits per heavy atom. The molecular weight excluding hydrogens is 254 g/mol. The Morgan fingerprint density at radius 3 is 2.30 bits per heavy atom. The summed E-state index contributed by atoms with van der Waals surface area (Å²) >= 11 is 0. The third-order valence-electron chi connectivity index (χ3n) is 3.44. The molecule has 5 nitrogen and oxygen atoms in total. The molecule has 1 unspecified atom stereocenters. The van der Waals surface area contributed by atoms with Crippen LogP contribution in [0.5, 0.6) is 0 Å². The second-order valence-electron chi connectivity index (χ2n) is 5.79. The number of likely N-dealkylation sites (N-methyl/N-ethyl adjacent to an activating group) is 3. The van der Waals surface area contributed by atoms with Crippen LogP contribution in [0.1, 0.15) is 33.6 Å². The summed E-state index contributed by atoms with van der Waals surface area (Å²) in [5.74, 6) is -0.141. The number of rotatable bonds is 11. The molecule has 20 heavy (non-hydrogen) atoms. The summed E-state index contributed by atoms with van der Waals surface area (Å²) in [4.78, 5) is 16.5. The largest absolute Gasteiger partial charge is 0.465 e. The highest BCUT2D eigenvalue weighted by molar-refractivity contribution is 5.80. The molecule has 1 N–H and O–H groups in total. The van der Waals surface area contributed by atoms with Crippen molar-refractivity contribution in [1.29, 1.82) is 0 Å². The number of ether oxygens (including phenoxy) is 1. The molecule has 5 heteroatoms. The molecule has 0 radical (unpaired) electrons. The van der Waals surface area contributed by atoms with Gasteiger partial charge in [-0.2, -0.15) is 0 Å². The highest BCUT2D eigenvalue weighted by Crippen LogP contribution is 2.15. The summed E-state index contributed by atoms with van der Waals surface area (Å²) in [5.41, 5.74) is -0.562. The van der Waals surface area contributed by atoms with Gasteiger partial charge < -0.3 is 19.9 Å². The average molecular weight is 287 g/mol. The van der Waals surface area contributed by atoms with E-state index in [1.807, 2.05) is 20.8 Å². The van der Waals surface area contributed by atoms with Gasteiger partial charge in [-0.15, -0.1) is 0 Å². The Kier molecular flexibility index (Phi) is 9.80. The number of hydrogen-bond donors (Lipinski definition) is 1. The second-order valence-corrected chi connectivity index (χ2v) is 5.79. The van der Waals surface area contributed by atoms with Gasteiger partial charge in [-0.05, 0) is 60.9 Å². The van der Waals surface area contributed by atoms with E-state index >= 15 is 0 Å². The van der Waals surface area contributed by atoms with Crippen molar-refractivity contribution in [1.82, 2.24) is 15.1 Å². The molecule has 0 aliphatic heterocycles. The standard InChI is InChI=1S/C15H33N3O2/c1-7-16-15(3,14(19)20-8-2)10-9-11-18(6)13-12-17(4)5/h16H,7-13H2,1-6H3. The summed E-state index contributed by atoms with van der Waals surface area (Å²) < 4.78 is 5.17. The molecule has 0 aromatic carbocycles.